The second kappa shape index (κ2) is 9.86. The van der Waals surface area contributed by atoms with E-state index in [0.717, 1.165) is 0 Å². The lowest BCUT2D eigenvalue weighted by Crippen LogP contribution is -2.37. The van der Waals surface area contributed by atoms with Crippen LogP contribution in [0.25, 0.3) is 10.8 Å². The number of pyridine rings is 1. The zero-order chi connectivity index (χ0) is 25.1. The summed E-state index contributed by atoms with van der Waals surface area (Å²) in [6.07, 6.45) is 0. The molecule has 3 aromatic carbocycles. The average molecular weight is 489 g/mol. The van der Waals surface area contributed by atoms with Gasteiger partial charge < -0.3 is 16.0 Å². The summed E-state index contributed by atoms with van der Waals surface area (Å²) >= 11 is 5.23. The number of urea groups is 1. The Hall–Kier alpha value is -4.37. The number of nitrogens with one attached hydrogen (secondary N) is 3. The third kappa shape index (κ3) is 4.80. The van der Waals surface area contributed by atoms with Crippen LogP contribution in [0.5, 0.6) is 0 Å². The van der Waals surface area contributed by atoms with Crippen LogP contribution in [0, 0.1) is 5.82 Å². The predicted octanol–water partition coefficient (Wildman–Crippen LogP) is 4.42. The van der Waals surface area contributed by atoms with Crippen molar-refractivity contribution in [3.05, 3.63) is 111 Å². The molecule has 0 fully saturated rings. The Labute approximate surface area is 205 Å². The van der Waals surface area contributed by atoms with Gasteiger partial charge in [0.1, 0.15) is 10.8 Å². The number of thiocarbonyl (C=S) groups is 1. The van der Waals surface area contributed by atoms with Crippen LogP contribution in [0.3, 0.4) is 0 Å². The zero-order valence-electron chi connectivity index (χ0n) is 18.6. The summed E-state index contributed by atoms with van der Waals surface area (Å²) in [4.78, 5) is 39.9. The lowest BCUT2D eigenvalue weighted by Gasteiger charge is -2.20. The van der Waals surface area contributed by atoms with E-state index in [2.05, 4.69) is 15.6 Å². The van der Waals surface area contributed by atoms with Crippen molar-refractivity contribution in [1.82, 2.24) is 10.3 Å². The zero-order valence-corrected chi connectivity index (χ0v) is 19.4. The molecule has 0 saturated heterocycles. The second-order valence-electron chi connectivity index (χ2n) is 7.85. The highest BCUT2D eigenvalue weighted by atomic mass is 32.1. The van der Waals surface area contributed by atoms with Gasteiger partial charge in [0.2, 0.25) is 0 Å². The molecule has 4 aromatic rings. The summed E-state index contributed by atoms with van der Waals surface area (Å²) in [5.74, 6) is -1.59. The number of H-pyrrole nitrogens is 1. The van der Waals surface area contributed by atoms with Gasteiger partial charge in [-0.1, -0.05) is 73.7 Å². The van der Waals surface area contributed by atoms with Crippen molar-refractivity contribution < 1.29 is 14.0 Å². The minimum atomic E-state index is -0.865. The molecule has 9 heteroatoms. The first-order chi connectivity index (χ1) is 16.8. The highest BCUT2D eigenvalue weighted by Crippen LogP contribution is 2.33. The quantitative estimate of drug-likeness (QED) is 0.311. The highest BCUT2D eigenvalue weighted by Gasteiger charge is 2.22. The second-order valence-corrected chi connectivity index (χ2v) is 8.26. The number of para-hydroxylation sites is 1. The third-order valence-corrected chi connectivity index (χ3v) is 5.96. The van der Waals surface area contributed by atoms with E-state index in [1.165, 1.54) is 18.2 Å². The Balaban J connectivity index is 1.79. The molecule has 35 heavy (non-hydrogen) atoms. The number of aromatic amines is 1. The lowest BCUT2D eigenvalue weighted by atomic mass is 9.91. The van der Waals surface area contributed by atoms with E-state index in [1.54, 1.807) is 30.3 Å². The molecule has 0 spiro atoms. The maximum atomic E-state index is 14.1. The van der Waals surface area contributed by atoms with Gasteiger partial charge in [0, 0.05) is 22.7 Å². The monoisotopic (exact) mass is 488 g/mol. The Kier molecular flexibility index (Phi) is 6.70. The van der Waals surface area contributed by atoms with Gasteiger partial charge in [0.05, 0.1) is 11.1 Å². The number of benzene rings is 3. The van der Waals surface area contributed by atoms with Crippen molar-refractivity contribution in [2.45, 2.75) is 12.8 Å². The first-order valence-corrected chi connectivity index (χ1v) is 11.1. The fraction of sp³-hybridized carbons (Fsp3) is 0.0769. The van der Waals surface area contributed by atoms with E-state index in [4.69, 9.17) is 18.0 Å². The molecule has 1 heterocycles. The Morgan fingerprint density at radius 3 is 2.31 bits per heavy atom. The first-order valence-electron chi connectivity index (χ1n) is 10.7. The molecule has 1 aromatic heterocycles. The van der Waals surface area contributed by atoms with Crippen LogP contribution >= 0.6 is 12.2 Å². The largest absolute Gasteiger partial charge is 0.351 e. The van der Waals surface area contributed by atoms with Crippen LogP contribution in [0.4, 0.5) is 14.9 Å². The standard InChI is InChI=1S/C26H21FN4O3S/c1-14(15-8-5-7-13-20(15)29-23(32)18-11-4-6-12-19(18)27)22-17-10-3-2-9-16(17)21(24(33)30-22)25(35)31-26(28)34/h2-14H,1H3,(H,29,32)(H,30,33)(H3,28,31,34,35). The number of aromatic nitrogens is 1. The Morgan fingerprint density at radius 2 is 1.60 bits per heavy atom. The maximum Gasteiger partial charge on any atom is 0.317 e. The van der Waals surface area contributed by atoms with Gasteiger partial charge in [0.15, 0.2) is 0 Å². The van der Waals surface area contributed by atoms with E-state index < -0.39 is 23.3 Å². The Morgan fingerprint density at radius 1 is 0.971 bits per heavy atom. The number of halogens is 1. The number of rotatable bonds is 5. The molecule has 0 aliphatic carbocycles. The van der Waals surface area contributed by atoms with Crippen LogP contribution in [0.2, 0.25) is 0 Å². The van der Waals surface area contributed by atoms with Gasteiger partial charge in [-0.15, -0.1) is 0 Å². The molecule has 7 nitrogen and oxygen atoms in total. The van der Waals surface area contributed by atoms with Gasteiger partial charge in [0.25, 0.3) is 11.5 Å². The molecule has 0 bridgehead atoms. The van der Waals surface area contributed by atoms with Crippen LogP contribution < -0.4 is 21.9 Å². The van der Waals surface area contributed by atoms with E-state index in [9.17, 15) is 18.8 Å². The maximum absolute atomic E-state index is 14.1. The molecule has 3 amide bonds. The number of fused-ring (bicyclic) bond motifs is 1. The predicted molar refractivity (Wildman–Crippen MR) is 137 cm³/mol. The number of primary amides is 1. The molecule has 5 N–H and O–H groups in total. The Bertz CT molecular complexity index is 1530. The molecule has 0 radical (unpaired) electrons. The molecule has 1 unspecified atom stereocenters. The van der Waals surface area contributed by atoms with Crippen molar-refractivity contribution in [2.24, 2.45) is 5.73 Å². The van der Waals surface area contributed by atoms with E-state index in [0.29, 0.717) is 27.7 Å². The van der Waals surface area contributed by atoms with E-state index >= 15 is 0 Å². The number of carbonyl (C=O) groups excluding carboxylic acids is 2. The third-order valence-electron chi connectivity index (χ3n) is 5.65. The van der Waals surface area contributed by atoms with Crippen molar-refractivity contribution in [1.29, 1.82) is 0 Å². The van der Waals surface area contributed by atoms with Crippen LogP contribution in [0.1, 0.15) is 40.0 Å². The summed E-state index contributed by atoms with van der Waals surface area (Å²) in [5, 5.41) is 6.33. The van der Waals surface area contributed by atoms with Gasteiger partial charge in [-0.25, -0.2) is 9.18 Å². The SMILES string of the molecule is CC(c1ccccc1NC(=O)c1ccccc1F)c1[nH]c(=O)c(C(=S)NC(N)=O)c2ccccc12. The fourth-order valence-corrected chi connectivity index (χ4v) is 4.33. The van der Waals surface area contributed by atoms with E-state index in [-0.39, 0.29) is 22.0 Å². The minimum absolute atomic E-state index is 0.0753. The van der Waals surface area contributed by atoms with Crippen LogP contribution in [0.15, 0.2) is 77.6 Å². The normalized spacial score (nSPS) is 11.6. The molecule has 0 saturated carbocycles. The summed E-state index contributed by atoms with van der Waals surface area (Å²) in [7, 11) is 0. The topological polar surface area (TPSA) is 117 Å². The number of anilines is 1. The molecule has 4 rings (SSSR count). The van der Waals surface area contributed by atoms with Gasteiger partial charge in [-0.2, -0.15) is 0 Å². The van der Waals surface area contributed by atoms with Gasteiger partial charge >= 0.3 is 6.03 Å². The molecule has 0 aliphatic rings. The number of carbonyl (C=O) groups is 2. The van der Waals surface area contributed by atoms with Crippen molar-refractivity contribution in [3.63, 3.8) is 0 Å². The van der Waals surface area contributed by atoms with Gasteiger partial charge in [-0.05, 0) is 29.1 Å². The van der Waals surface area contributed by atoms with Crippen molar-refractivity contribution >= 4 is 45.6 Å². The lowest BCUT2D eigenvalue weighted by molar-refractivity contribution is 0.102. The summed E-state index contributed by atoms with van der Waals surface area (Å²) in [6.45, 7) is 1.88. The van der Waals surface area contributed by atoms with Crippen LogP contribution in [-0.4, -0.2) is 21.9 Å². The van der Waals surface area contributed by atoms with E-state index in [1.807, 2.05) is 31.2 Å². The number of hydrogen-bond acceptors (Lipinski definition) is 4. The smallest absolute Gasteiger partial charge is 0.317 e. The van der Waals surface area contributed by atoms with Gasteiger partial charge in [-0.3, -0.25) is 14.9 Å². The van der Waals surface area contributed by atoms with Crippen LogP contribution in [-0.2, 0) is 0 Å². The molecular formula is C26H21FN4O3S. The summed E-state index contributed by atoms with van der Waals surface area (Å²) in [6, 6.07) is 19.1. The highest BCUT2D eigenvalue weighted by molar-refractivity contribution is 7.80. The molecule has 1 atom stereocenters. The number of nitrogens with two attached hydrogens (primary N) is 1. The fourth-order valence-electron chi connectivity index (χ4n) is 4.03. The summed E-state index contributed by atoms with van der Waals surface area (Å²) < 4.78 is 14.1. The minimum Gasteiger partial charge on any atom is -0.351 e. The first kappa shape index (κ1) is 23.8. The number of hydrogen-bond donors (Lipinski definition) is 4. The molecule has 0 aliphatic heterocycles. The molecule has 176 valence electrons. The molecular weight excluding hydrogens is 467 g/mol. The van der Waals surface area contributed by atoms with Crippen molar-refractivity contribution in [2.75, 3.05) is 5.32 Å². The summed E-state index contributed by atoms with van der Waals surface area (Å²) in [5.41, 5.74) is 6.52. The number of amides is 3. The average Bonchev–Trinajstić information content (AvgIpc) is 2.83. The van der Waals surface area contributed by atoms with Crippen molar-refractivity contribution in [3.8, 4) is 0 Å².